The zero-order valence-corrected chi connectivity index (χ0v) is 9.45. The van der Waals surface area contributed by atoms with Crippen molar-refractivity contribution in [2.45, 2.75) is 38.5 Å². The topological polar surface area (TPSA) is 74.7 Å². The van der Waals surface area contributed by atoms with Gasteiger partial charge in [-0.15, -0.1) is 0 Å². The Balaban J connectivity index is 2.51. The maximum absolute atomic E-state index is 8.99. The van der Waals surface area contributed by atoms with Gasteiger partial charge in [-0.05, 0) is 37.3 Å². The maximum atomic E-state index is 8.99. The van der Waals surface area contributed by atoms with Crippen molar-refractivity contribution in [2.24, 2.45) is 5.84 Å². The molecule has 0 fully saturated rings. The van der Waals surface area contributed by atoms with Crippen molar-refractivity contribution < 1.29 is 0 Å². The van der Waals surface area contributed by atoms with Gasteiger partial charge in [0.1, 0.15) is 6.07 Å². The number of pyridine rings is 1. The Labute approximate surface area is 95.5 Å². The van der Waals surface area contributed by atoms with Gasteiger partial charge in [0, 0.05) is 11.6 Å². The molecule has 0 aromatic carbocycles. The maximum Gasteiger partial charge on any atom is 0.158 e. The summed E-state index contributed by atoms with van der Waals surface area (Å²) >= 11 is 0. The van der Waals surface area contributed by atoms with Crippen molar-refractivity contribution in [1.82, 2.24) is 4.98 Å². The van der Waals surface area contributed by atoms with Gasteiger partial charge in [0.15, 0.2) is 5.82 Å². The molecule has 0 saturated heterocycles. The highest BCUT2D eigenvalue weighted by Gasteiger charge is 2.22. The molecule has 1 unspecified atom stereocenters. The molecule has 1 aromatic heterocycles. The van der Waals surface area contributed by atoms with Gasteiger partial charge in [0.05, 0.1) is 5.56 Å². The van der Waals surface area contributed by atoms with Crippen LogP contribution in [0.5, 0.6) is 0 Å². The first kappa shape index (κ1) is 10.9. The van der Waals surface area contributed by atoms with E-state index in [9.17, 15) is 0 Å². The van der Waals surface area contributed by atoms with Crippen molar-refractivity contribution in [3.05, 3.63) is 22.9 Å². The predicted octanol–water partition coefficient (Wildman–Crippen LogP) is 2.07. The van der Waals surface area contributed by atoms with Gasteiger partial charge in [-0.2, -0.15) is 5.26 Å². The van der Waals surface area contributed by atoms with Gasteiger partial charge in [-0.3, -0.25) is 0 Å². The lowest BCUT2D eigenvalue weighted by Crippen LogP contribution is -2.17. The van der Waals surface area contributed by atoms with E-state index in [1.807, 2.05) is 6.07 Å². The molecular formula is C12H16N4. The van der Waals surface area contributed by atoms with E-state index in [0.717, 1.165) is 18.5 Å². The number of nitriles is 1. The van der Waals surface area contributed by atoms with E-state index in [-0.39, 0.29) is 0 Å². The van der Waals surface area contributed by atoms with E-state index in [4.69, 9.17) is 11.1 Å². The minimum absolute atomic E-state index is 0.501. The quantitative estimate of drug-likeness (QED) is 0.586. The van der Waals surface area contributed by atoms with Crippen molar-refractivity contribution in [3.8, 4) is 6.07 Å². The highest BCUT2D eigenvalue weighted by molar-refractivity contribution is 5.54. The van der Waals surface area contributed by atoms with E-state index in [1.165, 1.54) is 18.4 Å². The van der Waals surface area contributed by atoms with Crippen LogP contribution in [-0.2, 0) is 6.42 Å². The number of anilines is 1. The second-order valence-corrected chi connectivity index (χ2v) is 4.18. The van der Waals surface area contributed by atoms with Crippen LogP contribution in [0.4, 0.5) is 5.82 Å². The van der Waals surface area contributed by atoms with Crippen LogP contribution in [0.2, 0.25) is 0 Å². The molecule has 4 heteroatoms. The third kappa shape index (κ3) is 1.74. The van der Waals surface area contributed by atoms with Gasteiger partial charge >= 0.3 is 0 Å². The van der Waals surface area contributed by atoms with E-state index >= 15 is 0 Å². The summed E-state index contributed by atoms with van der Waals surface area (Å²) in [5.74, 6) is 6.40. The van der Waals surface area contributed by atoms with Gasteiger partial charge in [0.2, 0.25) is 0 Å². The minimum Gasteiger partial charge on any atom is -0.307 e. The monoisotopic (exact) mass is 216 g/mol. The fraction of sp³-hybridized carbons (Fsp3) is 0.500. The SMILES string of the molecule is CCC1CCCc2cc(C#N)c(NN)nc21. The Bertz CT molecular complexity index is 433. The lowest BCUT2D eigenvalue weighted by molar-refractivity contribution is 0.525. The van der Waals surface area contributed by atoms with Crippen LogP contribution in [0.25, 0.3) is 0 Å². The summed E-state index contributed by atoms with van der Waals surface area (Å²) in [4.78, 5) is 4.50. The molecule has 3 N–H and O–H groups in total. The number of nitrogens with one attached hydrogen (secondary N) is 1. The van der Waals surface area contributed by atoms with Crippen molar-refractivity contribution in [2.75, 3.05) is 5.43 Å². The number of nitrogens with two attached hydrogens (primary N) is 1. The van der Waals surface area contributed by atoms with E-state index in [1.54, 1.807) is 0 Å². The van der Waals surface area contributed by atoms with Crippen LogP contribution in [0.3, 0.4) is 0 Å². The number of aromatic nitrogens is 1. The van der Waals surface area contributed by atoms with E-state index in [0.29, 0.717) is 17.3 Å². The largest absolute Gasteiger partial charge is 0.307 e. The molecule has 1 heterocycles. The summed E-state index contributed by atoms with van der Waals surface area (Å²) in [6.07, 6.45) is 4.49. The highest BCUT2D eigenvalue weighted by Crippen LogP contribution is 2.34. The Hall–Kier alpha value is -1.60. The van der Waals surface area contributed by atoms with Crippen LogP contribution in [0, 0.1) is 11.3 Å². The van der Waals surface area contributed by atoms with E-state index in [2.05, 4.69) is 23.4 Å². The first-order chi connectivity index (χ1) is 7.80. The zero-order chi connectivity index (χ0) is 11.5. The minimum atomic E-state index is 0.501. The summed E-state index contributed by atoms with van der Waals surface area (Å²) in [7, 11) is 0. The second kappa shape index (κ2) is 4.50. The van der Waals surface area contributed by atoms with Gasteiger partial charge < -0.3 is 5.43 Å². The molecule has 1 atom stereocenters. The molecule has 0 aliphatic heterocycles. The number of hydrogen-bond donors (Lipinski definition) is 2. The molecule has 16 heavy (non-hydrogen) atoms. The van der Waals surface area contributed by atoms with Gasteiger partial charge in [0.25, 0.3) is 0 Å². The summed E-state index contributed by atoms with van der Waals surface area (Å²) in [5.41, 5.74) is 5.39. The van der Waals surface area contributed by atoms with Crippen molar-refractivity contribution in [3.63, 3.8) is 0 Å². The Kier molecular flexibility index (Phi) is 3.07. The number of nitrogen functional groups attached to an aromatic ring is 1. The van der Waals surface area contributed by atoms with Crippen molar-refractivity contribution in [1.29, 1.82) is 5.26 Å². The molecule has 1 aliphatic carbocycles. The smallest absolute Gasteiger partial charge is 0.158 e. The molecule has 0 spiro atoms. The number of rotatable bonds is 2. The second-order valence-electron chi connectivity index (χ2n) is 4.18. The predicted molar refractivity (Wildman–Crippen MR) is 62.7 cm³/mol. The summed E-state index contributed by atoms with van der Waals surface area (Å²) in [6, 6.07) is 4.05. The number of nitrogens with zero attached hydrogens (tertiary/aromatic N) is 2. The lowest BCUT2D eigenvalue weighted by atomic mass is 9.84. The highest BCUT2D eigenvalue weighted by atomic mass is 15.3. The molecule has 4 nitrogen and oxygen atoms in total. The Morgan fingerprint density at radius 2 is 2.50 bits per heavy atom. The molecule has 0 amide bonds. The number of hydrazine groups is 1. The Morgan fingerprint density at radius 1 is 1.69 bits per heavy atom. The average molecular weight is 216 g/mol. The fourth-order valence-corrected chi connectivity index (χ4v) is 2.39. The Morgan fingerprint density at radius 3 is 3.12 bits per heavy atom. The van der Waals surface area contributed by atoms with Gasteiger partial charge in [-0.1, -0.05) is 6.92 Å². The first-order valence-electron chi connectivity index (χ1n) is 5.70. The van der Waals surface area contributed by atoms with Crippen LogP contribution < -0.4 is 11.3 Å². The molecular weight excluding hydrogens is 200 g/mol. The van der Waals surface area contributed by atoms with Crippen LogP contribution in [-0.4, -0.2) is 4.98 Å². The molecule has 84 valence electrons. The zero-order valence-electron chi connectivity index (χ0n) is 9.45. The summed E-state index contributed by atoms with van der Waals surface area (Å²) in [6.45, 7) is 2.18. The molecule has 0 saturated carbocycles. The van der Waals surface area contributed by atoms with Crippen LogP contribution in [0.15, 0.2) is 6.07 Å². The third-order valence-electron chi connectivity index (χ3n) is 3.27. The van der Waals surface area contributed by atoms with E-state index < -0.39 is 0 Å². The fourth-order valence-electron chi connectivity index (χ4n) is 2.39. The summed E-state index contributed by atoms with van der Waals surface area (Å²) < 4.78 is 0. The molecule has 2 rings (SSSR count). The lowest BCUT2D eigenvalue weighted by Gasteiger charge is -2.24. The molecule has 1 aromatic rings. The van der Waals surface area contributed by atoms with Crippen LogP contribution in [0.1, 0.15) is 48.9 Å². The number of fused-ring (bicyclic) bond motifs is 1. The molecule has 1 aliphatic rings. The molecule has 0 radical (unpaired) electrons. The van der Waals surface area contributed by atoms with Crippen molar-refractivity contribution >= 4 is 5.82 Å². The molecule has 0 bridgehead atoms. The average Bonchev–Trinajstić information content (AvgIpc) is 2.36. The van der Waals surface area contributed by atoms with Gasteiger partial charge in [-0.25, -0.2) is 10.8 Å². The standard InChI is InChI=1S/C12H16N4/c1-2-8-4-3-5-9-6-10(7-13)12(16-14)15-11(8)9/h6,8H,2-5,14H2,1H3,(H,15,16). The summed E-state index contributed by atoms with van der Waals surface area (Å²) in [5, 5.41) is 8.99. The normalized spacial score (nSPS) is 18.7. The van der Waals surface area contributed by atoms with Crippen LogP contribution >= 0.6 is 0 Å². The third-order valence-corrected chi connectivity index (χ3v) is 3.27. The first-order valence-corrected chi connectivity index (χ1v) is 5.70. The number of aryl methyl sites for hydroxylation is 1. The number of hydrogen-bond acceptors (Lipinski definition) is 4.